The van der Waals surface area contributed by atoms with Gasteiger partial charge >= 0.3 is 6.03 Å². The van der Waals surface area contributed by atoms with Gasteiger partial charge in [0, 0.05) is 55.3 Å². The number of carbonyl (C=O) groups is 1. The van der Waals surface area contributed by atoms with Crippen molar-refractivity contribution < 1.29 is 17.9 Å². The summed E-state index contributed by atoms with van der Waals surface area (Å²) in [6.07, 6.45) is 1.89. The fourth-order valence-electron chi connectivity index (χ4n) is 5.14. The highest BCUT2D eigenvalue weighted by Gasteiger charge is 2.21. The van der Waals surface area contributed by atoms with Gasteiger partial charge in [0.25, 0.3) is 0 Å². The van der Waals surface area contributed by atoms with E-state index in [4.69, 9.17) is 4.74 Å². The molecule has 3 aromatic carbocycles. The average Bonchev–Trinajstić information content (AvgIpc) is 3.48. The van der Waals surface area contributed by atoms with Crippen LogP contribution in [0.1, 0.15) is 23.5 Å². The molecule has 0 atom stereocenters. The van der Waals surface area contributed by atoms with Crippen molar-refractivity contribution in [3.8, 4) is 11.3 Å². The topological polar surface area (TPSA) is 104 Å². The molecule has 1 aliphatic rings. The summed E-state index contributed by atoms with van der Waals surface area (Å²) >= 11 is 1.36. The molecule has 0 radical (unpaired) electrons. The molecular weight excluding hydrogens is 653 g/mol. The Morgan fingerprint density at radius 3 is 2.11 bits per heavy atom. The Morgan fingerprint density at radius 2 is 1.53 bits per heavy atom. The van der Waals surface area contributed by atoms with Gasteiger partial charge in [0.15, 0.2) is 5.13 Å². The summed E-state index contributed by atoms with van der Waals surface area (Å²) in [5, 5.41) is 5.42. The van der Waals surface area contributed by atoms with Gasteiger partial charge in [-0.15, -0.1) is 36.2 Å². The number of nitrogens with one attached hydrogen (secondary N) is 2. The fourth-order valence-corrected chi connectivity index (χ4v) is 6.41. The van der Waals surface area contributed by atoms with E-state index in [0.29, 0.717) is 42.8 Å². The van der Waals surface area contributed by atoms with E-state index in [1.54, 1.807) is 24.3 Å². The van der Waals surface area contributed by atoms with Crippen molar-refractivity contribution in [2.24, 2.45) is 0 Å². The van der Waals surface area contributed by atoms with Crippen molar-refractivity contribution >= 4 is 63.0 Å². The van der Waals surface area contributed by atoms with E-state index in [1.165, 1.54) is 22.5 Å². The molecule has 1 aromatic heterocycles. The smallest absolute Gasteiger partial charge is 0.323 e. The first-order valence-corrected chi connectivity index (χ1v) is 17.1. The number of carbonyl (C=O) groups excluding carboxylic acids is 1. The van der Waals surface area contributed by atoms with Crippen LogP contribution in [0.4, 0.5) is 15.6 Å². The molecule has 4 aromatic rings. The molecule has 45 heavy (non-hydrogen) atoms. The molecule has 2 heterocycles. The predicted octanol–water partition coefficient (Wildman–Crippen LogP) is 6.41. The number of nitrogens with zero attached hydrogens (tertiary/aromatic N) is 3. The first-order chi connectivity index (χ1) is 20.8. The van der Waals surface area contributed by atoms with E-state index in [-0.39, 0.29) is 36.8 Å². The quantitative estimate of drug-likeness (QED) is 0.178. The Kier molecular flexibility index (Phi) is 14.1. The number of hydrogen-bond acceptors (Lipinski definition) is 7. The highest BCUT2D eigenvalue weighted by Crippen LogP contribution is 2.29. The van der Waals surface area contributed by atoms with Gasteiger partial charge in [0.05, 0.1) is 25.2 Å². The average molecular weight is 693 g/mol. The van der Waals surface area contributed by atoms with Gasteiger partial charge in [-0.3, -0.25) is 14.9 Å². The number of ether oxygens (including phenoxy) is 1. The molecule has 0 saturated carbocycles. The molecule has 0 aliphatic carbocycles. The standard InChI is InChI=1S/C32H37N5O4S2.2ClH/c1-43(39,40)35-28-14-12-27(13-15-28)30-24-42-31(33-30)34-32(38)37(19-18-36-20-22-41-23-21-36)17-16-29(25-8-4-2-5-9-25)26-10-6-3-7-11-26;;/h2-15,24,29,35H,16-23H2,1H3,(H,33,34,38);2*1H. The zero-order valence-corrected chi connectivity index (χ0v) is 28.3. The van der Waals surface area contributed by atoms with Crippen molar-refractivity contribution in [3.05, 3.63) is 101 Å². The Bertz CT molecular complexity index is 1530. The summed E-state index contributed by atoms with van der Waals surface area (Å²) in [6, 6.07) is 27.7. The number of aromatic nitrogens is 1. The summed E-state index contributed by atoms with van der Waals surface area (Å²) in [7, 11) is -3.35. The van der Waals surface area contributed by atoms with Gasteiger partial charge in [-0.25, -0.2) is 18.2 Å². The zero-order chi connectivity index (χ0) is 30.1. The molecule has 0 unspecified atom stereocenters. The number of morpholine rings is 1. The lowest BCUT2D eigenvalue weighted by atomic mass is 9.88. The number of benzene rings is 3. The summed E-state index contributed by atoms with van der Waals surface area (Å²) in [6.45, 7) is 5.09. The summed E-state index contributed by atoms with van der Waals surface area (Å²) < 4.78 is 31.0. The van der Waals surface area contributed by atoms with Gasteiger partial charge in [0.1, 0.15) is 0 Å². The van der Waals surface area contributed by atoms with Gasteiger partial charge in [-0.2, -0.15) is 0 Å². The van der Waals surface area contributed by atoms with Crippen LogP contribution in [-0.4, -0.2) is 81.4 Å². The SMILES string of the molecule is CS(=O)(=O)Nc1ccc(-c2csc(NC(=O)N(CCC(c3ccccc3)c3ccccc3)CCN3CCOCC3)n2)cc1.Cl.Cl. The van der Waals surface area contributed by atoms with Crippen molar-refractivity contribution in [2.45, 2.75) is 12.3 Å². The van der Waals surface area contributed by atoms with Crippen LogP contribution >= 0.6 is 36.2 Å². The van der Waals surface area contributed by atoms with Crippen LogP contribution in [0, 0.1) is 0 Å². The van der Waals surface area contributed by atoms with Crippen molar-refractivity contribution in [1.29, 1.82) is 0 Å². The normalized spacial score (nSPS) is 13.4. The zero-order valence-electron chi connectivity index (χ0n) is 25.0. The van der Waals surface area contributed by atoms with E-state index < -0.39 is 10.0 Å². The highest BCUT2D eigenvalue weighted by atomic mass is 35.5. The third kappa shape index (κ3) is 11.0. The molecule has 2 amide bonds. The summed E-state index contributed by atoms with van der Waals surface area (Å²) in [5.74, 6) is 0.160. The molecule has 0 bridgehead atoms. The molecule has 2 N–H and O–H groups in total. The minimum atomic E-state index is -3.35. The molecule has 0 spiro atoms. The van der Waals surface area contributed by atoms with Crippen LogP contribution in [0.15, 0.2) is 90.3 Å². The second kappa shape index (κ2) is 17.5. The van der Waals surface area contributed by atoms with Crippen LogP contribution in [0.3, 0.4) is 0 Å². The highest BCUT2D eigenvalue weighted by molar-refractivity contribution is 7.92. The second-order valence-corrected chi connectivity index (χ2v) is 13.1. The fraction of sp³-hybridized carbons (Fsp3) is 0.312. The number of anilines is 2. The van der Waals surface area contributed by atoms with Gasteiger partial charge in [-0.1, -0.05) is 72.8 Å². The maximum Gasteiger partial charge on any atom is 0.323 e. The molecule has 1 saturated heterocycles. The van der Waals surface area contributed by atoms with Crippen LogP contribution in [0.2, 0.25) is 0 Å². The third-order valence-electron chi connectivity index (χ3n) is 7.37. The molecule has 1 fully saturated rings. The lowest BCUT2D eigenvalue weighted by molar-refractivity contribution is 0.0351. The molecule has 5 rings (SSSR count). The molecule has 13 heteroatoms. The summed E-state index contributed by atoms with van der Waals surface area (Å²) in [5.41, 5.74) is 4.47. The number of rotatable bonds is 12. The third-order valence-corrected chi connectivity index (χ3v) is 8.73. The van der Waals surface area contributed by atoms with Crippen LogP contribution in [-0.2, 0) is 14.8 Å². The van der Waals surface area contributed by atoms with Crippen molar-refractivity contribution in [1.82, 2.24) is 14.8 Å². The van der Waals surface area contributed by atoms with E-state index in [1.807, 2.05) is 22.4 Å². The van der Waals surface area contributed by atoms with Crippen LogP contribution < -0.4 is 10.0 Å². The van der Waals surface area contributed by atoms with Gasteiger partial charge < -0.3 is 9.64 Å². The van der Waals surface area contributed by atoms with Crippen molar-refractivity contribution in [2.75, 3.05) is 62.2 Å². The van der Waals surface area contributed by atoms with Gasteiger partial charge in [-0.05, 0) is 29.7 Å². The molecule has 9 nitrogen and oxygen atoms in total. The number of thiazole rings is 1. The Morgan fingerprint density at radius 1 is 0.933 bits per heavy atom. The minimum Gasteiger partial charge on any atom is -0.379 e. The maximum absolute atomic E-state index is 13.7. The van der Waals surface area contributed by atoms with Crippen LogP contribution in [0.25, 0.3) is 11.3 Å². The lowest BCUT2D eigenvalue weighted by Crippen LogP contribution is -2.44. The van der Waals surface area contributed by atoms with E-state index >= 15 is 0 Å². The second-order valence-electron chi connectivity index (χ2n) is 10.5. The lowest BCUT2D eigenvalue weighted by Gasteiger charge is -2.31. The molecular formula is C32H39Cl2N5O4S2. The number of halogens is 2. The number of sulfonamides is 1. The van der Waals surface area contributed by atoms with Gasteiger partial charge in [0.2, 0.25) is 10.0 Å². The van der Waals surface area contributed by atoms with Crippen LogP contribution in [0.5, 0.6) is 0 Å². The van der Waals surface area contributed by atoms with E-state index in [0.717, 1.165) is 37.9 Å². The largest absolute Gasteiger partial charge is 0.379 e. The number of amides is 2. The summed E-state index contributed by atoms with van der Waals surface area (Å²) in [4.78, 5) is 22.5. The number of hydrogen-bond donors (Lipinski definition) is 2. The van der Waals surface area contributed by atoms with E-state index in [2.05, 4.69) is 68.5 Å². The van der Waals surface area contributed by atoms with Crippen molar-refractivity contribution in [3.63, 3.8) is 0 Å². The first-order valence-electron chi connectivity index (χ1n) is 14.3. The molecule has 1 aliphatic heterocycles. The first kappa shape index (κ1) is 36.3. The van der Waals surface area contributed by atoms with E-state index in [9.17, 15) is 13.2 Å². The minimum absolute atomic E-state index is 0. The Labute approximate surface area is 281 Å². The monoisotopic (exact) mass is 691 g/mol. The number of urea groups is 1. The predicted molar refractivity (Wildman–Crippen MR) is 188 cm³/mol. The Balaban J connectivity index is 0.00000276. The maximum atomic E-state index is 13.7. The Hall–Kier alpha value is -3.19. The molecule has 242 valence electrons.